The summed E-state index contributed by atoms with van der Waals surface area (Å²) in [6.07, 6.45) is 6.19. The molecular weight excluding hydrogens is 320 g/mol. The summed E-state index contributed by atoms with van der Waals surface area (Å²) < 4.78 is 13.4. The summed E-state index contributed by atoms with van der Waals surface area (Å²) in [7, 11) is 0. The van der Waals surface area contributed by atoms with Gasteiger partial charge in [0.2, 0.25) is 0 Å². The minimum Gasteiger partial charge on any atom is -0.450 e. The van der Waals surface area contributed by atoms with Gasteiger partial charge in [-0.2, -0.15) is 0 Å². The van der Waals surface area contributed by atoms with Gasteiger partial charge in [0, 0.05) is 30.8 Å². The van der Waals surface area contributed by atoms with Crippen LogP contribution in [-0.2, 0) is 4.74 Å². The fourth-order valence-corrected chi connectivity index (χ4v) is 3.60. The van der Waals surface area contributed by atoms with E-state index in [9.17, 15) is 4.79 Å². The molecule has 0 saturated carbocycles. The minimum atomic E-state index is 0.263. The number of fused-ring (bicyclic) bond motifs is 3. The van der Waals surface area contributed by atoms with Crippen molar-refractivity contribution in [3.8, 4) is 11.6 Å². The molecule has 126 valence electrons. The molecule has 7 nitrogen and oxygen atoms in total. The molecule has 1 aliphatic heterocycles. The molecule has 7 heteroatoms. The third-order valence-electron chi connectivity index (χ3n) is 4.75. The second kappa shape index (κ2) is 5.56. The Kier molecular flexibility index (Phi) is 3.21. The highest BCUT2D eigenvalue weighted by atomic mass is 16.5. The Hall–Kier alpha value is -2.93. The van der Waals surface area contributed by atoms with Crippen molar-refractivity contribution in [3.63, 3.8) is 0 Å². The van der Waals surface area contributed by atoms with Crippen LogP contribution in [0.5, 0.6) is 0 Å². The maximum Gasteiger partial charge on any atom is 0.185 e. The number of aromatic amines is 1. The number of aromatic nitrogens is 4. The minimum absolute atomic E-state index is 0.263. The summed E-state index contributed by atoms with van der Waals surface area (Å²) in [5.41, 5.74) is 2.69. The highest BCUT2D eigenvalue weighted by Crippen LogP contribution is 2.35. The lowest BCUT2D eigenvalue weighted by atomic mass is 10.1. The van der Waals surface area contributed by atoms with Gasteiger partial charge in [-0.1, -0.05) is 0 Å². The van der Waals surface area contributed by atoms with E-state index >= 15 is 0 Å². The summed E-state index contributed by atoms with van der Waals surface area (Å²) in [5, 5.41) is 1.03. The topological polar surface area (TPSA) is 85.9 Å². The van der Waals surface area contributed by atoms with Crippen LogP contribution in [0.2, 0.25) is 0 Å². The summed E-state index contributed by atoms with van der Waals surface area (Å²) in [5.74, 6) is 1.62. The van der Waals surface area contributed by atoms with Crippen molar-refractivity contribution in [1.29, 1.82) is 0 Å². The maximum atomic E-state index is 11.0. The number of imidazole rings is 1. The lowest BCUT2D eigenvalue weighted by Crippen LogP contribution is -2.20. The van der Waals surface area contributed by atoms with Crippen LogP contribution in [0.3, 0.4) is 0 Å². The number of hydrogen-bond donors (Lipinski definition) is 1. The van der Waals surface area contributed by atoms with E-state index in [0.29, 0.717) is 17.8 Å². The van der Waals surface area contributed by atoms with Crippen LogP contribution < -0.4 is 0 Å². The number of nitrogens with one attached hydrogen (secondary N) is 1. The van der Waals surface area contributed by atoms with Crippen molar-refractivity contribution in [1.82, 2.24) is 19.5 Å². The molecule has 0 aromatic carbocycles. The standard InChI is InChI=1S/C18H16N4O3/c23-10-12-1-2-15(25-12)18-21-14-9-20-17-13(3-6-19-17)16(14)22(18)11-4-7-24-8-5-11/h1-3,6,9-11H,4-5,7-8H2,(H,19,20). The molecule has 4 aromatic rings. The third kappa shape index (κ3) is 2.20. The molecule has 0 spiro atoms. The first kappa shape index (κ1) is 14.4. The molecule has 5 rings (SSSR count). The highest BCUT2D eigenvalue weighted by Gasteiger charge is 2.25. The van der Waals surface area contributed by atoms with Gasteiger partial charge in [0.15, 0.2) is 23.6 Å². The predicted molar refractivity (Wildman–Crippen MR) is 91.6 cm³/mol. The zero-order valence-electron chi connectivity index (χ0n) is 13.4. The van der Waals surface area contributed by atoms with Gasteiger partial charge in [-0.05, 0) is 31.0 Å². The molecule has 0 radical (unpaired) electrons. The van der Waals surface area contributed by atoms with E-state index in [4.69, 9.17) is 14.1 Å². The van der Waals surface area contributed by atoms with Crippen LogP contribution in [0, 0.1) is 0 Å². The number of hydrogen-bond acceptors (Lipinski definition) is 5. The molecule has 1 fully saturated rings. The fourth-order valence-electron chi connectivity index (χ4n) is 3.60. The van der Waals surface area contributed by atoms with E-state index in [1.165, 1.54) is 0 Å². The monoisotopic (exact) mass is 336 g/mol. The van der Waals surface area contributed by atoms with E-state index in [1.54, 1.807) is 18.3 Å². The quantitative estimate of drug-likeness (QED) is 0.580. The molecular formula is C18H16N4O3. The lowest BCUT2D eigenvalue weighted by Gasteiger charge is -2.25. The zero-order chi connectivity index (χ0) is 16.8. The number of ether oxygens (including phenoxy) is 1. The van der Waals surface area contributed by atoms with E-state index in [-0.39, 0.29) is 6.04 Å². The average Bonchev–Trinajstić information content (AvgIpc) is 3.38. The van der Waals surface area contributed by atoms with Crippen LogP contribution in [0.15, 0.2) is 35.0 Å². The van der Waals surface area contributed by atoms with Crippen LogP contribution in [0.4, 0.5) is 0 Å². The summed E-state index contributed by atoms with van der Waals surface area (Å²) in [4.78, 5) is 23.4. The third-order valence-corrected chi connectivity index (χ3v) is 4.75. The Morgan fingerprint density at radius 2 is 2.12 bits per heavy atom. The van der Waals surface area contributed by atoms with Gasteiger partial charge in [0.25, 0.3) is 0 Å². The molecule has 1 saturated heterocycles. The van der Waals surface area contributed by atoms with E-state index in [0.717, 1.165) is 53.9 Å². The number of aldehydes is 1. The first-order valence-electron chi connectivity index (χ1n) is 8.32. The maximum absolute atomic E-state index is 11.0. The van der Waals surface area contributed by atoms with Gasteiger partial charge in [-0.3, -0.25) is 4.79 Å². The molecule has 1 N–H and O–H groups in total. The van der Waals surface area contributed by atoms with Crippen LogP contribution >= 0.6 is 0 Å². The van der Waals surface area contributed by atoms with Crippen molar-refractivity contribution < 1.29 is 13.9 Å². The normalized spacial score (nSPS) is 16.0. The van der Waals surface area contributed by atoms with Crippen LogP contribution in [0.25, 0.3) is 33.7 Å². The van der Waals surface area contributed by atoms with Crippen molar-refractivity contribution >= 4 is 28.4 Å². The van der Waals surface area contributed by atoms with Crippen molar-refractivity contribution in [2.24, 2.45) is 0 Å². The predicted octanol–water partition coefficient (Wildman–Crippen LogP) is 3.34. The number of carbonyl (C=O) groups excluding carboxylic acids is 1. The number of furan rings is 1. The summed E-state index contributed by atoms with van der Waals surface area (Å²) in [6.45, 7) is 1.45. The molecule has 0 unspecified atom stereocenters. The summed E-state index contributed by atoms with van der Waals surface area (Å²) >= 11 is 0. The lowest BCUT2D eigenvalue weighted by molar-refractivity contribution is 0.0709. The van der Waals surface area contributed by atoms with Gasteiger partial charge in [-0.15, -0.1) is 0 Å². The van der Waals surface area contributed by atoms with Crippen molar-refractivity contribution in [2.45, 2.75) is 18.9 Å². The first-order chi connectivity index (χ1) is 12.3. The molecule has 25 heavy (non-hydrogen) atoms. The summed E-state index contributed by atoms with van der Waals surface area (Å²) in [6, 6.07) is 5.74. The van der Waals surface area contributed by atoms with E-state index in [1.807, 2.05) is 12.3 Å². The molecule has 1 aliphatic rings. The molecule has 0 aliphatic carbocycles. The average molecular weight is 336 g/mol. The van der Waals surface area contributed by atoms with E-state index < -0.39 is 0 Å². The Bertz CT molecular complexity index is 1070. The van der Waals surface area contributed by atoms with Crippen molar-refractivity contribution in [3.05, 3.63) is 36.4 Å². The fraction of sp³-hybridized carbons (Fsp3) is 0.278. The number of carbonyl (C=O) groups is 1. The molecule has 0 atom stereocenters. The van der Waals surface area contributed by atoms with Gasteiger partial charge < -0.3 is 18.7 Å². The first-order valence-corrected chi connectivity index (χ1v) is 8.32. The van der Waals surface area contributed by atoms with Crippen molar-refractivity contribution in [2.75, 3.05) is 13.2 Å². The molecule has 4 aromatic heterocycles. The SMILES string of the molecule is O=Cc1ccc(-c2nc3cnc4[nH]ccc4c3n2C2CCOCC2)o1. The highest BCUT2D eigenvalue weighted by molar-refractivity contribution is 6.02. The second-order valence-electron chi connectivity index (χ2n) is 6.20. The number of H-pyrrole nitrogens is 1. The Morgan fingerprint density at radius 1 is 1.24 bits per heavy atom. The molecule has 5 heterocycles. The van der Waals surface area contributed by atoms with Gasteiger partial charge in [-0.25, -0.2) is 9.97 Å². The van der Waals surface area contributed by atoms with Crippen LogP contribution in [-0.4, -0.2) is 39.0 Å². The Balaban J connectivity index is 1.81. The number of rotatable bonds is 3. The van der Waals surface area contributed by atoms with Gasteiger partial charge in [0.05, 0.1) is 11.7 Å². The molecule has 0 bridgehead atoms. The largest absolute Gasteiger partial charge is 0.450 e. The smallest absolute Gasteiger partial charge is 0.185 e. The number of pyridine rings is 1. The Labute approximate surface area is 142 Å². The number of nitrogens with zero attached hydrogens (tertiary/aromatic N) is 3. The molecule has 0 amide bonds. The van der Waals surface area contributed by atoms with E-state index in [2.05, 4.69) is 14.5 Å². The van der Waals surface area contributed by atoms with Crippen LogP contribution in [0.1, 0.15) is 29.4 Å². The van der Waals surface area contributed by atoms with Gasteiger partial charge >= 0.3 is 0 Å². The van der Waals surface area contributed by atoms with Gasteiger partial charge in [0.1, 0.15) is 11.2 Å². The second-order valence-corrected chi connectivity index (χ2v) is 6.20. The zero-order valence-corrected chi connectivity index (χ0v) is 13.4. The Morgan fingerprint density at radius 3 is 2.92 bits per heavy atom.